The Morgan fingerprint density at radius 1 is 1.04 bits per heavy atom. The molecule has 132 valence electrons. The van der Waals surface area contributed by atoms with Crippen LogP contribution in [0, 0.1) is 5.92 Å². The van der Waals surface area contributed by atoms with Crippen LogP contribution in [-0.4, -0.2) is 36.5 Å². The Bertz CT molecular complexity index is 502. The molecular formula is C21H32N2O. The molecule has 0 bridgehead atoms. The fourth-order valence-electron chi connectivity index (χ4n) is 4.47. The number of nitrogens with one attached hydrogen (secondary N) is 1. The minimum atomic E-state index is 0.256. The molecule has 24 heavy (non-hydrogen) atoms. The molecule has 1 heterocycles. The second kappa shape index (κ2) is 8.66. The summed E-state index contributed by atoms with van der Waals surface area (Å²) in [6.45, 7) is 5.23. The van der Waals surface area contributed by atoms with Gasteiger partial charge in [0, 0.05) is 18.5 Å². The molecule has 1 aromatic carbocycles. The molecule has 3 rings (SSSR count). The van der Waals surface area contributed by atoms with Crippen molar-refractivity contribution in [2.75, 3.05) is 19.6 Å². The molecule has 0 aromatic heterocycles. The lowest BCUT2D eigenvalue weighted by Gasteiger charge is -2.38. The zero-order chi connectivity index (χ0) is 16.8. The summed E-state index contributed by atoms with van der Waals surface area (Å²) < 4.78 is 0. The van der Waals surface area contributed by atoms with Gasteiger partial charge in [-0.3, -0.25) is 4.79 Å². The van der Waals surface area contributed by atoms with Gasteiger partial charge in [-0.25, -0.2) is 0 Å². The largest absolute Gasteiger partial charge is 0.339 e. The molecule has 1 saturated heterocycles. The lowest BCUT2D eigenvalue weighted by Crippen LogP contribution is -2.48. The number of hydrogen-bond acceptors (Lipinski definition) is 2. The van der Waals surface area contributed by atoms with Crippen molar-refractivity contribution in [1.29, 1.82) is 0 Å². The molecule has 1 aliphatic heterocycles. The molecule has 3 heteroatoms. The van der Waals surface area contributed by atoms with E-state index < -0.39 is 0 Å². The molecule has 2 aliphatic rings. The lowest BCUT2D eigenvalue weighted by molar-refractivity contribution is -0.139. The molecule has 1 N–H and O–H groups in total. The van der Waals surface area contributed by atoms with Gasteiger partial charge in [-0.05, 0) is 69.5 Å². The fraction of sp³-hybridized carbons (Fsp3) is 0.667. The first-order valence-electron chi connectivity index (χ1n) is 9.85. The molecule has 0 radical (unpaired) electrons. The molecule has 3 nitrogen and oxygen atoms in total. The minimum absolute atomic E-state index is 0.256. The first-order valence-corrected chi connectivity index (χ1v) is 9.85. The van der Waals surface area contributed by atoms with Crippen LogP contribution >= 0.6 is 0 Å². The minimum Gasteiger partial charge on any atom is -0.339 e. The average molecular weight is 329 g/mol. The van der Waals surface area contributed by atoms with Crippen LogP contribution in [-0.2, 0) is 4.79 Å². The van der Waals surface area contributed by atoms with E-state index >= 15 is 0 Å². The van der Waals surface area contributed by atoms with Crippen molar-refractivity contribution in [1.82, 2.24) is 10.2 Å². The van der Waals surface area contributed by atoms with Gasteiger partial charge in [-0.1, -0.05) is 37.3 Å². The molecule has 1 aromatic rings. The second-order valence-corrected chi connectivity index (χ2v) is 7.47. The normalized spacial score (nSPS) is 25.4. The van der Waals surface area contributed by atoms with Gasteiger partial charge in [0.25, 0.3) is 0 Å². The molecule has 1 amide bonds. The van der Waals surface area contributed by atoms with E-state index in [4.69, 9.17) is 0 Å². The highest BCUT2D eigenvalue weighted by Crippen LogP contribution is 2.36. The highest BCUT2D eigenvalue weighted by molar-refractivity contribution is 5.79. The SMILES string of the molecule is CCCN(C(=O)C1CCC(c2ccccc2)CC1)C1CCNCC1. The molecular weight excluding hydrogens is 296 g/mol. The van der Waals surface area contributed by atoms with E-state index in [9.17, 15) is 4.79 Å². The van der Waals surface area contributed by atoms with Crippen molar-refractivity contribution < 1.29 is 4.79 Å². The summed E-state index contributed by atoms with van der Waals surface area (Å²) in [5, 5.41) is 3.42. The Morgan fingerprint density at radius 2 is 1.71 bits per heavy atom. The summed E-state index contributed by atoms with van der Waals surface area (Å²) in [6, 6.07) is 11.3. The van der Waals surface area contributed by atoms with E-state index in [1.54, 1.807) is 0 Å². The van der Waals surface area contributed by atoms with Crippen LogP contribution in [0.5, 0.6) is 0 Å². The van der Waals surface area contributed by atoms with E-state index in [0.717, 1.165) is 64.6 Å². The maximum absolute atomic E-state index is 13.1. The van der Waals surface area contributed by atoms with E-state index in [-0.39, 0.29) is 5.92 Å². The maximum atomic E-state index is 13.1. The maximum Gasteiger partial charge on any atom is 0.225 e. The third kappa shape index (κ3) is 4.18. The third-order valence-electron chi connectivity index (χ3n) is 5.84. The average Bonchev–Trinajstić information content (AvgIpc) is 2.67. The summed E-state index contributed by atoms with van der Waals surface area (Å²) in [6.07, 6.45) is 7.73. The van der Waals surface area contributed by atoms with Crippen molar-refractivity contribution in [3.8, 4) is 0 Å². The fourth-order valence-corrected chi connectivity index (χ4v) is 4.47. The van der Waals surface area contributed by atoms with Gasteiger partial charge in [-0.15, -0.1) is 0 Å². The Kier molecular flexibility index (Phi) is 6.30. The summed E-state index contributed by atoms with van der Waals surface area (Å²) in [5.41, 5.74) is 1.45. The van der Waals surface area contributed by atoms with Crippen LogP contribution < -0.4 is 5.32 Å². The van der Waals surface area contributed by atoms with Crippen molar-refractivity contribution in [3.05, 3.63) is 35.9 Å². The van der Waals surface area contributed by atoms with Crippen LogP contribution in [0.25, 0.3) is 0 Å². The number of piperidine rings is 1. The highest BCUT2D eigenvalue weighted by atomic mass is 16.2. The van der Waals surface area contributed by atoms with Crippen molar-refractivity contribution >= 4 is 5.91 Å². The Hall–Kier alpha value is -1.35. The van der Waals surface area contributed by atoms with E-state index in [0.29, 0.717) is 17.9 Å². The van der Waals surface area contributed by atoms with Crippen LogP contribution in [0.1, 0.15) is 63.4 Å². The predicted molar refractivity (Wildman–Crippen MR) is 99.0 cm³/mol. The second-order valence-electron chi connectivity index (χ2n) is 7.47. The van der Waals surface area contributed by atoms with E-state index in [1.807, 2.05) is 0 Å². The summed E-state index contributed by atoms with van der Waals surface area (Å²) in [5.74, 6) is 1.34. The number of benzene rings is 1. The predicted octanol–water partition coefficient (Wildman–Crippen LogP) is 3.95. The zero-order valence-corrected chi connectivity index (χ0v) is 15.0. The quantitative estimate of drug-likeness (QED) is 0.887. The highest BCUT2D eigenvalue weighted by Gasteiger charge is 2.33. The molecule has 1 aliphatic carbocycles. The third-order valence-corrected chi connectivity index (χ3v) is 5.84. The van der Waals surface area contributed by atoms with Crippen molar-refractivity contribution in [2.45, 2.75) is 63.8 Å². The van der Waals surface area contributed by atoms with Crippen LogP contribution in [0.15, 0.2) is 30.3 Å². The number of amides is 1. The van der Waals surface area contributed by atoms with Crippen LogP contribution in [0.4, 0.5) is 0 Å². The molecule has 0 atom stereocenters. The van der Waals surface area contributed by atoms with Crippen molar-refractivity contribution in [2.24, 2.45) is 5.92 Å². The monoisotopic (exact) mass is 328 g/mol. The Balaban J connectivity index is 1.58. The standard InChI is InChI=1S/C21H32N2O/c1-2-16-23(20-12-14-22-15-13-20)21(24)19-10-8-18(9-11-19)17-6-4-3-5-7-17/h3-7,18-20,22H,2,8-16H2,1H3. The number of carbonyl (C=O) groups is 1. The summed E-state index contributed by atoms with van der Waals surface area (Å²) in [7, 11) is 0. The lowest BCUT2D eigenvalue weighted by atomic mass is 9.78. The molecule has 1 saturated carbocycles. The van der Waals surface area contributed by atoms with Crippen LogP contribution in [0.3, 0.4) is 0 Å². The van der Waals surface area contributed by atoms with Gasteiger partial charge in [0.2, 0.25) is 5.91 Å². The van der Waals surface area contributed by atoms with Gasteiger partial charge in [0.1, 0.15) is 0 Å². The number of nitrogens with zero attached hydrogens (tertiary/aromatic N) is 1. The molecule has 0 unspecified atom stereocenters. The zero-order valence-electron chi connectivity index (χ0n) is 15.0. The molecule has 0 spiro atoms. The van der Waals surface area contributed by atoms with Gasteiger partial charge in [0.15, 0.2) is 0 Å². The number of hydrogen-bond donors (Lipinski definition) is 1. The van der Waals surface area contributed by atoms with Gasteiger partial charge in [0.05, 0.1) is 0 Å². The van der Waals surface area contributed by atoms with E-state index in [2.05, 4.69) is 47.5 Å². The van der Waals surface area contributed by atoms with E-state index in [1.165, 1.54) is 5.56 Å². The number of rotatable bonds is 5. The first-order chi connectivity index (χ1) is 11.8. The smallest absolute Gasteiger partial charge is 0.225 e. The van der Waals surface area contributed by atoms with Crippen molar-refractivity contribution in [3.63, 3.8) is 0 Å². The van der Waals surface area contributed by atoms with Gasteiger partial charge >= 0.3 is 0 Å². The Labute approximate surface area is 146 Å². The first kappa shape index (κ1) is 17.5. The Morgan fingerprint density at radius 3 is 2.33 bits per heavy atom. The molecule has 2 fully saturated rings. The number of carbonyl (C=O) groups excluding carboxylic acids is 1. The van der Waals surface area contributed by atoms with Crippen LogP contribution in [0.2, 0.25) is 0 Å². The summed E-state index contributed by atoms with van der Waals surface area (Å²) in [4.78, 5) is 15.4. The van der Waals surface area contributed by atoms with Gasteiger partial charge < -0.3 is 10.2 Å². The van der Waals surface area contributed by atoms with Gasteiger partial charge in [-0.2, -0.15) is 0 Å². The summed E-state index contributed by atoms with van der Waals surface area (Å²) >= 11 is 0. The topological polar surface area (TPSA) is 32.3 Å².